The van der Waals surface area contributed by atoms with Crippen molar-refractivity contribution in [3.05, 3.63) is 54.2 Å². The van der Waals surface area contributed by atoms with E-state index in [0.717, 1.165) is 24.2 Å². The van der Waals surface area contributed by atoms with Gasteiger partial charge in [0.15, 0.2) is 0 Å². The van der Waals surface area contributed by atoms with Crippen molar-refractivity contribution >= 4 is 17.5 Å². The fourth-order valence-corrected chi connectivity index (χ4v) is 3.94. The normalized spacial score (nSPS) is 20.5. The minimum absolute atomic E-state index is 0.0216. The van der Waals surface area contributed by atoms with Crippen LogP contribution in [0.5, 0.6) is 5.88 Å². The number of para-hydroxylation sites is 1. The zero-order valence-electron chi connectivity index (χ0n) is 16.1. The minimum Gasteiger partial charge on any atom is -0.474 e. The summed E-state index contributed by atoms with van der Waals surface area (Å²) in [5, 5.41) is 0. The van der Waals surface area contributed by atoms with Crippen molar-refractivity contribution in [2.24, 2.45) is 5.92 Å². The highest BCUT2D eigenvalue weighted by molar-refractivity contribution is 6.00. The number of carbonyl (C=O) groups is 2. The molecule has 0 unspecified atom stereocenters. The van der Waals surface area contributed by atoms with Crippen LogP contribution in [-0.2, 0) is 9.59 Å². The molecule has 1 aromatic heterocycles. The van der Waals surface area contributed by atoms with E-state index in [0.29, 0.717) is 25.5 Å². The third-order valence-corrected chi connectivity index (χ3v) is 5.45. The van der Waals surface area contributed by atoms with Gasteiger partial charge in [0.1, 0.15) is 6.10 Å². The van der Waals surface area contributed by atoms with E-state index in [1.807, 2.05) is 60.4 Å². The molecule has 4 rings (SSSR count). The molecular formula is C22H25N3O3. The fourth-order valence-electron chi connectivity index (χ4n) is 3.94. The molecule has 0 saturated carbocycles. The predicted molar refractivity (Wildman–Crippen MR) is 106 cm³/mol. The van der Waals surface area contributed by atoms with Crippen LogP contribution >= 0.6 is 0 Å². The number of amides is 2. The first-order valence-corrected chi connectivity index (χ1v) is 9.84. The Morgan fingerprint density at radius 1 is 1.07 bits per heavy atom. The first-order valence-electron chi connectivity index (χ1n) is 9.84. The number of aromatic nitrogens is 1. The van der Waals surface area contributed by atoms with Gasteiger partial charge in [0.05, 0.1) is 5.92 Å². The van der Waals surface area contributed by atoms with Crippen LogP contribution in [0.25, 0.3) is 0 Å². The molecule has 0 aliphatic carbocycles. The Kier molecular flexibility index (Phi) is 5.28. The number of hydrogen-bond donors (Lipinski definition) is 0. The SMILES string of the molecule is Cc1cccc(OC2CCN(C(=O)[C@H]3CC(=O)N(c4ccccc4)C3)CC2)n1. The molecule has 2 amide bonds. The second-order valence-corrected chi connectivity index (χ2v) is 7.50. The van der Waals surface area contributed by atoms with E-state index in [9.17, 15) is 9.59 Å². The molecule has 6 nitrogen and oxygen atoms in total. The van der Waals surface area contributed by atoms with Gasteiger partial charge in [-0.05, 0) is 25.1 Å². The Hall–Kier alpha value is -2.89. The summed E-state index contributed by atoms with van der Waals surface area (Å²) in [5.41, 5.74) is 1.79. The van der Waals surface area contributed by atoms with E-state index in [1.165, 1.54) is 0 Å². The molecule has 2 aliphatic heterocycles. The van der Waals surface area contributed by atoms with Gasteiger partial charge in [0.25, 0.3) is 0 Å². The topological polar surface area (TPSA) is 62.7 Å². The molecule has 2 aromatic rings. The summed E-state index contributed by atoms with van der Waals surface area (Å²) < 4.78 is 5.97. The Morgan fingerprint density at radius 2 is 1.82 bits per heavy atom. The van der Waals surface area contributed by atoms with Gasteiger partial charge < -0.3 is 14.5 Å². The lowest BCUT2D eigenvalue weighted by molar-refractivity contribution is -0.137. The van der Waals surface area contributed by atoms with E-state index in [4.69, 9.17) is 4.74 Å². The maximum atomic E-state index is 12.9. The highest BCUT2D eigenvalue weighted by atomic mass is 16.5. The first kappa shape index (κ1) is 18.5. The summed E-state index contributed by atoms with van der Waals surface area (Å²) in [6.45, 7) is 3.72. The maximum absolute atomic E-state index is 12.9. The molecule has 2 aliphatic rings. The number of anilines is 1. The van der Waals surface area contributed by atoms with Crippen LogP contribution in [0.3, 0.4) is 0 Å². The van der Waals surface area contributed by atoms with Crippen molar-refractivity contribution in [1.82, 2.24) is 9.88 Å². The van der Waals surface area contributed by atoms with Gasteiger partial charge in [-0.2, -0.15) is 0 Å². The molecule has 1 aromatic carbocycles. The van der Waals surface area contributed by atoms with Gasteiger partial charge in [0, 0.05) is 56.3 Å². The predicted octanol–water partition coefficient (Wildman–Crippen LogP) is 2.81. The van der Waals surface area contributed by atoms with Gasteiger partial charge in [-0.1, -0.05) is 24.3 Å². The first-order chi connectivity index (χ1) is 13.6. The van der Waals surface area contributed by atoms with Crippen LogP contribution in [0.4, 0.5) is 5.69 Å². The molecule has 2 saturated heterocycles. The molecule has 3 heterocycles. The van der Waals surface area contributed by atoms with Crippen molar-refractivity contribution in [3.8, 4) is 5.88 Å². The second kappa shape index (κ2) is 8.00. The third kappa shape index (κ3) is 4.01. The number of aryl methyl sites for hydroxylation is 1. The van der Waals surface area contributed by atoms with E-state index >= 15 is 0 Å². The van der Waals surface area contributed by atoms with E-state index < -0.39 is 0 Å². The van der Waals surface area contributed by atoms with Gasteiger partial charge in [-0.25, -0.2) is 4.98 Å². The van der Waals surface area contributed by atoms with Crippen LogP contribution in [0.1, 0.15) is 25.0 Å². The number of ether oxygens (including phenoxy) is 1. The quantitative estimate of drug-likeness (QED) is 0.820. The Labute approximate surface area is 165 Å². The van der Waals surface area contributed by atoms with Gasteiger partial charge >= 0.3 is 0 Å². The lowest BCUT2D eigenvalue weighted by atomic mass is 10.0. The van der Waals surface area contributed by atoms with Gasteiger partial charge in [0.2, 0.25) is 17.7 Å². The van der Waals surface area contributed by atoms with E-state index in [1.54, 1.807) is 4.90 Å². The Balaban J connectivity index is 1.31. The summed E-state index contributed by atoms with van der Waals surface area (Å²) in [4.78, 5) is 33.3. The van der Waals surface area contributed by atoms with Crippen molar-refractivity contribution in [2.45, 2.75) is 32.3 Å². The summed E-state index contributed by atoms with van der Waals surface area (Å²) in [6.07, 6.45) is 1.93. The number of piperidine rings is 1. The molecule has 28 heavy (non-hydrogen) atoms. The number of hydrogen-bond acceptors (Lipinski definition) is 4. The second-order valence-electron chi connectivity index (χ2n) is 7.50. The Bertz CT molecular complexity index is 847. The Morgan fingerprint density at radius 3 is 2.54 bits per heavy atom. The average Bonchev–Trinajstić information content (AvgIpc) is 3.10. The van der Waals surface area contributed by atoms with Crippen LogP contribution in [-0.4, -0.2) is 47.4 Å². The van der Waals surface area contributed by atoms with Crippen molar-refractivity contribution in [2.75, 3.05) is 24.5 Å². The molecule has 1 atom stereocenters. The number of benzene rings is 1. The summed E-state index contributed by atoms with van der Waals surface area (Å²) in [6, 6.07) is 15.3. The van der Waals surface area contributed by atoms with Crippen molar-refractivity contribution < 1.29 is 14.3 Å². The van der Waals surface area contributed by atoms with Crippen molar-refractivity contribution in [1.29, 1.82) is 0 Å². The van der Waals surface area contributed by atoms with Gasteiger partial charge in [-0.15, -0.1) is 0 Å². The molecule has 2 fully saturated rings. The molecule has 0 bridgehead atoms. The molecule has 146 valence electrons. The van der Waals surface area contributed by atoms with E-state index in [-0.39, 0.29) is 30.3 Å². The van der Waals surface area contributed by atoms with Crippen LogP contribution < -0.4 is 9.64 Å². The summed E-state index contributed by atoms with van der Waals surface area (Å²) in [7, 11) is 0. The van der Waals surface area contributed by atoms with Crippen LogP contribution in [0.2, 0.25) is 0 Å². The fraction of sp³-hybridized carbons (Fsp3) is 0.409. The monoisotopic (exact) mass is 379 g/mol. The number of rotatable bonds is 4. The molecular weight excluding hydrogens is 354 g/mol. The zero-order chi connectivity index (χ0) is 19.5. The lowest BCUT2D eigenvalue weighted by Gasteiger charge is -2.33. The van der Waals surface area contributed by atoms with Crippen molar-refractivity contribution in [3.63, 3.8) is 0 Å². The number of likely N-dealkylation sites (tertiary alicyclic amines) is 1. The lowest BCUT2D eigenvalue weighted by Crippen LogP contribution is -2.45. The largest absolute Gasteiger partial charge is 0.474 e. The molecule has 0 spiro atoms. The van der Waals surface area contributed by atoms with Crippen LogP contribution in [0.15, 0.2) is 48.5 Å². The number of nitrogens with zero attached hydrogens (tertiary/aromatic N) is 3. The summed E-state index contributed by atoms with van der Waals surface area (Å²) in [5.74, 6) is 0.487. The van der Waals surface area contributed by atoms with Crippen LogP contribution in [0, 0.1) is 12.8 Å². The highest BCUT2D eigenvalue weighted by Crippen LogP contribution is 2.27. The van der Waals surface area contributed by atoms with E-state index in [2.05, 4.69) is 4.98 Å². The smallest absolute Gasteiger partial charge is 0.228 e. The molecule has 0 radical (unpaired) electrons. The number of pyridine rings is 1. The van der Waals surface area contributed by atoms with Gasteiger partial charge in [-0.3, -0.25) is 9.59 Å². The molecule has 0 N–H and O–H groups in total. The third-order valence-electron chi connectivity index (χ3n) is 5.45. The maximum Gasteiger partial charge on any atom is 0.228 e. The standard InChI is InChI=1S/C22H25N3O3/c1-16-6-5-9-20(23-16)28-19-10-12-24(13-11-19)22(27)17-14-21(26)25(15-17)18-7-3-2-4-8-18/h2-9,17,19H,10-15H2,1H3/t17-/m0/s1. The summed E-state index contributed by atoms with van der Waals surface area (Å²) >= 11 is 0. The minimum atomic E-state index is -0.261. The zero-order valence-corrected chi connectivity index (χ0v) is 16.1. The molecule has 6 heteroatoms. The highest BCUT2D eigenvalue weighted by Gasteiger charge is 2.38. The average molecular weight is 379 g/mol. The number of carbonyl (C=O) groups excluding carboxylic acids is 2.